The molecule has 0 aliphatic carbocycles. The van der Waals surface area contributed by atoms with E-state index in [4.69, 9.17) is 11.6 Å². The van der Waals surface area contributed by atoms with Crippen LogP contribution in [0, 0.1) is 0 Å². The highest BCUT2D eigenvalue weighted by Crippen LogP contribution is 2.34. The molecule has 0 radical (unpaired) electrons. The van der Waals surface area contributed by atoms with Gasteiger partial charge in [0.15, 0.2) is 0 Å². The molecule has 0 spiro atoms. The second-order valence-corrected chi connectivity index (χ2v) is 4.33. The molecule has 1 nitrogen and oxygen atoms in total. The summed E-state index contributed by atoms with van der Waals surface area (Å²) >= 11 is 5.54. The molecule has 0 amide bonds. The molecule has 5 heteroatoms. The van der Waals surface area contributed by atoms with Gasteiger partial charge in [-0.25, -0.2) is 0 Å². The first-order valence-corrected chi connectivity index (χ1v) is 5.81. The summed E-state index contributed by atoms with van der Waals surface area (Å²) in [5.41, 5.74) is -1.02. The van der Waals surface area contributed by atoms with Crippen LogP contribution in [0.1, 0.15) is 24.8 Å². The Morgan fingerprint density at radius 2 is 1.59 bits per heavy atom. The van der Waals surface area contributed by atoms with E-state index >= 15 is 0 Å². The molecule has 1 atom stereocenters. The van der Waals surface area contributed by atoms with Gasteiger partial charge in [0.05, 0.1) is 5.60 Å². The maximum absolute atomic E-state index is 12.2. The highest BCUT2D eigenvalue weighted by Gasteiger charge is 2.35. The van der Waals surface area contributed by atoms with E-state index in [1.807, 2.05) is 0 Å². The van der Waals surface area contributed by atoms with Gasteiger partial charge in [0.2, 0.25) is 0 Å². The SMILES string of the molecule is OC(CCCl)(CCC(F)(F)F)c1ccccc1. The van der Waals surface area contributed by atoms with E-state index in [2.05, 4.69) is 0 Å². The third kappa shape index (κ3) is 4.56. The summed E-state index contributed by atoms with van der Waals surface area (Å²) in [6.07, 6.45) is -5.55. The number of aliphatic hydroxyl groups is 1. The van der Waals surface area contributed by atoms with Gasteiger partial charge in [0.1, 0.15) is 0 Å². The second-order valence-electron chi connectivity index (χ2n) is 3.95. The molecule has 0 saturated carbocycles. The van der Waals surface area contributed by atoms with Gasteiger partial charge in [-0.3, -0.25) is 0 Å². The Kier molecular flexibility index (Phi) is 4.83. The van der Waals surface area contributed by atoms with Crippen LogP contribution < -0.4 is 0 Å². The molecule has 0 saturated heterocycles. The van der Waals surface area contributed by atoms with Gasteiger partial charge in [0, 0.05) is 12.3 Å². The van der Waals surface area contributed by atoms with Crippen molar-refractivity contribution in [3.05, 3.63) is 35.9 Å². The lowest BCUT2D eigenvalue weighted by Gasteiger charge is -2.28. The lowest BCUT2D eigenvalue weighted by Crippen LogP contribution is -2.28. The summed E-state index contributed by atoms with van der Waals surface area (Å²) in [5.74, 6) is 0.114. The van der Waals surface area contributed by atoms with Crippen LogP contribution in [0.25, 0.3) is 0 Å². The summed E-state index contributed by atoms with van der Waals surface area (Å²) < 4.78 is 36.6. The van der Waals surface area contributed by atoms with Crippen molar-refractivity contribution in [3.63, 3.8) is 0 Å². The number of benzene rings is 1. The standard InChI is InChI=1S/C12H14ClF3O/c13-9-8-11(17,6-7-12(14,15)16)10-4-2-1-3-5-10/h1-5,17H,6-9H2. The predicted molar refractivity (Wildman–Crippen MR) is 61.0 cm³/mol. The molecule has 0 aliphatic rings. The minimum absolute atomic E-state index is 0.106. The van der Waals surface area contributed by atoms with Gasteiger partial charge >= 0.3 is 6.18 Å². The summed E-state index contributed by atoms with van der Waals surface area (Å²) in [7, 11) is 0. The van der Waals surface area contributed by atoms with Crippen LogP contribution >= 0.6 is 11.6 Å². The number of hydrogen-bond acceptors (Lipinski definition) is 1. The molecule has 1 N–H and O–H groups in total. The first kappa shape index (κ1) is 14.3. The van der Waals surface area contributed by atoms with Crippen molar-refractivity contribution in [2.24, 2.45) is 0 Å². The van der Waals surface area contributed by atoms with E-state index in [1.54, 1.807) is 30.3 Å². The largest absolute Gasteiger partial charge is 0.389 e. The highest BCUT2D eigenvalue weighted by molar-refractivity contribution is 6.17. The molecule has 0 heterocycles. The van der Waals surface area contributed by atoms with Crippen molar-refractivity contribution < 1.29 is 18.3 Å². The molecular weight excluding hydrogens is 253 g/mol. The molecule has 1 aromatic rings. The molecule has 0 aromatic heterocycles. The molecule has 0 fully saturated rings. The minimum Gasteiger partial charge on any atom is -0.385 e. The minimum atomic E-state index is -4.27. The van der Waals surface area contributed by atoms with Crippen LogP contribution in [-0.2, 0) is 5.60 Å². The first-order valence-electron chi connectivity index (χ1n) is 5.28. The molecule has 96 valence electrons. The second kappa shape index (κ2) is 5.74. The van der Waals surface area contributed by atoms with Crippen molar-refractivity contribution in [3.8, 4) is 0 Å². The maximum Gasteiger partial charge on any atom is 0.389 e. The van der Waals surface area contributed by atoms with Crippen molar-refractivity contribution >= 4 is 11.6 Å². The van der Waals surface area contributed by atoms with Crippen LogP contribution in [0.2, 0.25) is 0 Å². The van der Waals surface area contributed by atoms with Crippen LogP contribution in [0.5, 0.6) is 0 Å². The summed E-state index contributed by atoms with van der Waals surface area (Å²) in [6.45, 7) is 0. The Labute approximate surface area is 103 Å². The lowest BCUT2D eigenvalue weighted by molar-refractivity contribution is -0.147. The van der Waals surface area contributed by atoms with Gasteiger partial charge in [-0.15, -0.1) is 11.6 Å². The van der Waals surface area contributed by atoms with Gasteiger partial charge in [-0.05, 0) is 18.4 Å². The molecule has 0 aliphatic heterocycles. The fourth-order valence-corrected chi connectivity index (χ4v) is 1.98. The monoisotopic (exact) mass is 266 g/mol. The molecule has 1 rings (SSSR count). The van der Waals surface area contributed by atoms with Gasteiger partial charge in [-0.2, -0.15) is 13.2 Å². The average Bonchev–Trinajstić information content (AvgIpc) is 2.27. The van der Waals surface area contributed by atoms with E-state index in [1.165, 1.54) is 0 Å². The molecule has 1 unspecified atom stereocenters. The summed E-state index contributed by atoms with van der Waals surface area (Å²) in [6, 6.07) is 8.34. The zero-order chi connectivity index (χ0) is 12.9. The Bertz CT molecular complexity index is 339. The number of halogens is 4. The quantitative estimate of drug-likeness (QED) is 0.803. The zero-order valence-electron chi connectivity index (χ0n) is 9.17. The third-order valence-electron chi connectivity index (χ3n) is 2.64. The van der Waals surface area contributed by atoms with Crippen molar-refractivity contribution in [2.75, 3.05) is 5.88 Å². The molecule has 0 bridgehead atoms. The molecule has 1 aromatic carbocycles. The number of alkyl halides is 4. The number of rotatable bonds is 5. The van der Waals surface area contributed by atoms with E-state index in [0.717, 1.165) is 0 Å². The van der Waals surface area contributed by atoms with Gasteiger partial charge in [0.25, 0.3) is 0 Å². The first-order chi connectivity index (χ1) is 7.87. The summed E-state index contributed by atoms with van der Waals surface area (Å²) in [5, 5.41) is 10.3. The smallest absolute Gasteiger partial charge is 0.385 e. The van der Waals surface area contributed by atoms with Crippen LogP contribution in [0.4, 0.5) is 13.2 Å². The van der Waals surface area contributed by atoms with Crippen molar-refractivity contribution in [1.82, 2.24) is 0 Å². The van der Waals surface area contributed by atoms with Crippen LogP contribution in [0.15, 0.2) is 30.3 Å². The predicted octanol–water partition coefficient (Wildman–Crippen LogP) is 3.85. The van der Waals surface area contributed by atoms with E-state index in [9.17, 15) is 18.3 Å². The molecule has 17 heavy (non-hydrogen) atoms. The van der Waals surface area contributed by atoms with Crippen molar-refractivity contribution in [1.29, 1.82) is 0 Å². The fraction of sp³-hybridized carbons (Fsp3) is 0.500. The Morgan fingerprint density at radius 1 is 1.00 bits per heavy atom. The van der Waals surface area contributed by atoms with Gasteiger partial charge < -0.3 is 5.11 Å². The van der Waals surface area contributed by atoms with Gasteiger partial charge in [-0.1, -0.05) is 30.3 Å². The van der Waals surface area contributed by atoms with E-state index < -0.39 is 18.2 Å². The van der Waals surface area contributed by atoms with Crippen LogP contribution in [0.3, 0.4) is 0 Å². The average molecular weight is 267 g/mol. The fourth-order valence-electron chi connectivity index (χ4n) is 1.67. The van der Waals surface area contributed by atoms with Crippen LogP contribution in [-0.4, -0.2) is 17.2 Å². The number of hydrogen-bond donors (Lipinski definition) is 1. The van der Waals surface area contributed by atoms with E-state index in [0.29, 0.717) is 5.56 Å². The lowest BCUT2D eigenvalue weighted by atomic mass is 9.86. The van der Waals surface area contributed by atoms with Crippen molar-refractivity contribution in [2.45, 2.75) is 31.0 Å². The Balaban J connectivity index is 2.82. The third-order valence-corrected chi connectivity index (χ3v) is 2.83. The van der Waals surface area contributed by atoms with E-state index in [-0.39, 0.29) is 18.7 Å². The summed E-state index contributed by atoms with van der Waals surface area (Å²) in [4.78, 5) is 0. The zero-order valence-corrected chi connectivity index (χ0v) is 9.93. The topological polar surface area (TPSA) is 20.2 Å². The Hall–Kier alpha value is -0.740. The highest BCUT2D eigenvalue weighted by atomic mass is 35.5. The Morgan fingerprint density at radius 3 is 2.06 bits per heavy atom. The maximum atomic E-state index is 12.2. The normalized spacial score (nSPS) is 15.6. The molecular formula is C12H14ClF3O.